The van der Waals surface area contributed by atoms with Gasteiger partial charge in [0, 0.05) is 51.3 Å². The number of piperazine rings is 1. The Labute approximate surface area is 223 Å². The Morgan fingerprint density at radius 3 is 2.11 bits per heavy atom. The van der Waals surface area contributed by atoms with Crippen LogP contribution in [0.2, 0.25) is 0 Å². The van der Waals surface area contributed by atoms with E-state index in [-0.39, 0.29) is 30.2 Å². The van der Waals surface area contributed by atoms with Gasteiger partial charge >= 0.3 is 0 Å². The number of hydrogen-bond acceptors (Lipinski definition) is 5. The zero-order valence-electron chi connectivity index (χ0n) is 21.4. The molecule has 7 heteroatoms. The molecule has 0 aromatic heterocycles. The molecule has 3 aromatic carbocycles. The molecule has 3 amide bonds. The number of hydrogen-bond donors (Lipinski definition) is 1. The van der Waals surface area contributed by atoms with Gasteiger partial charge in [-0.15, -0.1) is 0 Å². The van der Waals surface area contributed by atoms with Crippen LogP contribution in [0.5, 0.6) is 0 Å². The van der Waals surface area contributed by atoms with E-state index in [4.69, 9.17) is 0 Å². The van der Waals surface area contributed by atoms with Gasteiger partial charge in [0.1, 0.15) is 6.04 Å². The Balaban J connectivity index is 1.11. The van der Waals surface area contributed by atoms with E-state index >= 15 is 0 Å². The molecule has 0 saturated carbocycles. The predicted molar refractivity (Wildman–Crippen MR) is 144 cm³/mol. The van der Waals surface area contributed by atoms with Crippen LogP contribution in [0.3, 0.4) is 0 Å². The highest BCUT2D eigenvalue weighted by Gasteiger charge is 2.39. The van der Waals surface area contributed by atoms with Crippen molar-refractivity contribution in [1.82, 2.24) is 20.0 Å². The van der Waals surface area contributed by atoms with Crippen molar-refractivity contribution in [3.05, 3.63) is 107 Å². The minimum Gasteiger partial charge on any atom is -0.322 e. The molecule has 0 spiro atoms. The van der Waals surface area contributed by atoms with Crippen LogP contribution in [0.4, 0.5) is 0 Å². The highest BCUT2D eigenvalue weighted by Crippen LogP contribution is 2.31. The van der Waals surface area contributed by atoms with E-state index in [0.29, 0.717) is 18.5 Å². The summed E-state index contributed by atoms with van der Waals surface area (Å²) in [5.74, 6) is -0.760. The third kappa shape index (κ3) is 4.87. The molecule has 2 saturated heterocycles. The summed E-state index contributed by atoms with van der Waals surface area (Å²) in [6.45, 7) is 5.12. The molecular weight excluding hydrogens is 476 g/mol. The fourth-order valence-corrected chi connectivity index (χ4v) is 6.05. The first-order valence-electron chi connectivity index (χ1n) is 13.4. The smallest absolute Gasteiger partial charge is 0.255 e. The number of nitrogens with zero attached hydrogens (tertiary/aromatic N) is 3. The lowest BCUT2D eigenvalue weighted by Crippen LogP contribution is -2.52. The largest absolute Gasteiger partial charge is 0.322 e. The molecule has 3 aromatic rings. The second-order valence-electron chi connectivity index (χ2n) is 10.4. The molecule has 0 bridgehead atoms. The summed E-state index contributed by atoms with van der Waals surface area (Å²) in [5.41, 5.74) is 5.44. The number of amides is 3. The number of imide groups is 1. The molecule has 1 N–H and O–H groups in total. The first-order valence-corrected chi connectivity index (χ1v) is 13.4. The fraction of sp³-hybridized carbons (Fsp3) is 0.323. The fourth-order valence-electron chi connectivity index (χ4n) is 6.05. The van der Waals surface area contributed by atoms with Gasteiger partial charge in [-0.05, 0) is 34.7 Å². The third-order valence-corrected chi connectivity index (χ3v) is 8.00. The lowest BCUT2D eigenvalue weighted by Gasteiger charge is -2.40. The SMILES string of the molecule is O=C1CCC(N2Cc3cc(CN4CCN(C(c5ccccc5)c5ccccc5)CC4)ccc3C2=O)C(=O)N1. The van der Waals surface area contributed by atoms with Crippen LogP contribution in [0.25, 0.3) is 0 Å². The van der Waals surface area contributed by atoms with Crippen LogP contribution in [-0.2, 0) is 22.7 Å². The lowest BCUT2D eigenvalue weighted by molar-refractivity contribution is -0.136. The predicted octanol–water partition coefficient (Wildman–Crippen LogP) is 3.35. The van der Waals surface area contributed by atoms with Crippen LogP contribution >= 0.6 is 0 Å². The topological polar surface area (TPSA) is 73.0 Å². The van der Waals surface area contributed by atoms with E-state index in [1.54, 1.807) is 4.90 Å². The van der Waals surface area contributed by atoms with Gasteiger partial charge in [-0.2, -0.15) is 0 Å². The van der Waals surface area contributed by atoms with Crippen molar-refractivity contribution in [2.24, 2.45) is 0 Å². The van der Waals surface area contributed by atoms with Gasteiger partial charge < -0.3 is 4.90 Å². The molecule has 7 nitrogen and oxygen atoms in total. The Bertz CT molecular complexity index is 1300. The number of carbonyl (C=O) groups excluding carboxylic acids is 3. The maximum atomic E-state index is 13.0. The van der Waals surface area contributed by atoms with E-state index in [1.807, 2.05) is 12.1 Å². The Hall–Kier alpha value is -3.81. The Morgan fingerprint density at radius 1 is 0.816 bits per heavy atom. The quantitative estimate of drug-likeness (QED) is 0.517. The van der Waals surface area contributed by atoms with Crippen LogP contribution in [0.15, 0.2) is 78.9 Å². The summed E-state index contributed by atoms with van der Waals surface area (Å²) in [5, 5.41) is 2.37. The van der Waals surface area contributed by atoms with Gasteiger partial charge in [-0.1, -0.05) is 72.8 Å². The normalized spacial score (nSPS) is 20.6. The van der Waals surface area contributed by atoms with Crippen LogP contribution < -0.4 is 5.32 Å². The number of piperidine rings is 1. The standard InChI is InChI=1S/C31H32N4O3/c36-28-14-13-27(30(37)32-28)35-21-25-19-22(11-12-26(25)31(35)38)20-33-15-17-34(18-16-33)29(23-7-3-1-4-8-23)24-9-5-2-6-10-24/h1-12,19,27,29H,13-18,20-21H2,(H,32,36,37). The van der Waals surface area contributed by atoms with Gasteiger partial charge in [-0.3, -0.25) is 29.5 Å². The molecule has 38 heavy (non-hydrogen) atoms. The number of benzene rings is 3. The van der Waals surface area contributed by atoms with Gasteiger partial charge in [0.05, 0.1) is 6.04 Å². The molecule has 1 unspecified atom stereocenters. The molecule has 0 aliphatic carbocycles. The van der Waals surface area contributed by atoms with Crippen molar-refractivity contribution in [3.8, 4) is 0 Å². The molecule has 2 fully saturated rings. The molecular formula is C31H32N4O3. The van der Waals surface area contributed by atoms with Crippen molar-refractivity contribution >= 4 is 17.7 Å². The lowest BCUT2D eigenvalue weighted by atomic mass is 9.96. The van der Waals surface area contributed by atoms with E-state index in [0.717, 1.165) is 38.3 Å². The van der Waals surface area contributed by atoms with E-state index in [9.17, 15) is 14.4 Å². The summed E-state index contributed by atoms with van der Waals surface area (Å²) in [6, 6.07) is 27.2. The molecule has 3 aliphatic rings. The van der Waals surface area contributed by atoms with E-state index < -0.39 is 6.04 Å². The molecule has 194 valence electrons. The molecule has 0 radical (unpaired) electrons. The van der Waals surface area contributed by atoms with Crippen LogP contribution in [0.1, 0.15) is 51.5 Å². The average Bonchev–Trinajstić information content (AvgIpc) is 3.26. The van der Waals surface area contributed by atoms with Crippen LogP contribution in [0, 0.1) is 0 Å². The zero-order valence-corrected chi connectivity index (χ0v) is 21.4. The maximum Gasteiger partial charge on any atom is 0.255 e. The number of rotatable bonds is 6. The van der Waals surface area contributed by atoms with Crippen molar-refractivity contribution in [1.29, 1.82) is 0 Å². The van der Waals surface area contributed by atoms with Gasteiger partial charge in [-0.25, -0.2) is 0 Å². The number of fused-ring (bicyclic) bond motifs is 1. The highest BCUT2D eigenvalue weighted by atomic mass is 16.2. The average molecular weight is 509 g/mol. The second kappa shape index (κ2) is 10.5. The van der Waals surface area contributed by atoms with Crippen molar-refractivity contribution in [2.75, 3.05) is 26.2 Å². The first kappa shape index (κ1) is 24.5. The van der Waals surface area contributed by atoms with Crippen LogP contribution in [-0.4, -0.2) is 64.6 Å². The maximum absolute atomic E-state index is 13.0. The minimum atomic E-state index is -0.577. The summed E-state index contributed by atoms with van der Waals surface area (Å²) in [7, 11) is 0. The van der Waals surface area contributed by atoms with Gasteiger partial charge in [0.25, 0.3) is 5.91 Å². The molecule has 3 aliphatic heterocycles. The summed E-state index contributed by atoms with van der Waals surface area (Å²) < 4.78 is 0. The third-order valence-electron chi connectivity index (χ3n) is 8.00. The highest BCUT2D eigenvalue weighted by molar-refractivity contribution is 6.05. The van der Waals surface area contributed by atoms with Crippen molar-refractivity contribution in [3.63, 3.8) is 0 Å². The number of carbonyl (C=O) groups is 3. The summed E-state index contributed by atoms with van der Waals surface area (Å²) >= 11 is 0. The Morgan fingerprint density at radius 2 is 1.47 bits per heavy atom. The summed E-state index contributed by atoms with van der Waals surface area (Å²) in [4.78, 5) is 43.5. The molecule has 3 heterocycles. The van der Waals surface area contributed by atoms with E-state index in [2.05, 4.69) is 81.8 Å². The zero-order chi connectivity index (χ0) is 26.1. The Kier molecular flexibility index (Phi) is 6.79. The van der Waals surface area contributed by atoms with Crippen molar-refractivity contribution in [2.45, 2.75) is 38.0 Å². The second-order valence-corrected chi connectivity index (χ2v) is 10.4. The summed E-state index contributed by atoms with van der Waals surface area (Å²) in [6.07, 6.45) is 0.650. The van der Waals surface area contributed by atoms with Crippen molar-refractivity contribution < 1.29 is 14.4 Å². The van der Waals surface area contributed by atoms with Gasteiger partial charge in [0.2, 0.25) is 11.8 Å². The first-order chi connectivity index (χ1) is 18.6. The number of nitrogens with one attached hydrogen (secondary N) is 1. The monoisotopic (exact) mass is 508 g/mol. The molecule has 6 rings (SSSR count). The van der Waals surface area contributed by atoms with E-state index in [1.165, 1.54) is 16.7 Å². The minimum absolute atomic E-state index is 0.123. The van der Waals surface area contributed by atoms with Gasteiger partial charge in [0.15, 0.2) is 0 Å². The molecule has 1 atom stereocenters.